The van der Waals surface area contributed by atoms with Crippen LogP contribution in [-0.2, 0) is 9.59 Å². The molecule has 1 N–H and O–H groups in total. The highest BCUT2D eigenvalue weighted by molar-refractivity contribution is 6.35. The van der Waals surface area contributed by atoms with Crippen LogP contribution in [0.15, 0.2) is 42.5 Å². The van der Waals surface area contributed by atoms with Gasteiger partial charge in [0, 0.05) is 49.0 Å². The van der Waals surface area contributed by atoms with Gasteiger partial charge in [0.2, 0.25) is 5.91 Å². The Morgan fingerprint density at radius 3 is 2.34 bits per heavy atom. The van der Waals surface area contributed by atoms with E-state index in [1.54, 1.807) is 18.2 Å². The van der Waals surface area contributed by atoms with Crippen LogP contribution in [0.4, 0.5) is 11.4 Å². The van der Waals surface area contributed by atoms with Crippen LogP contribution in [-0.4, -0.2) is 49.5 Å². The number of nitrogens with one attached hydrogen (secondary N) is 1. The molecule has 154 valence electrons. The van der Waals surface area contributed by atoms with Gasteiger partial charge in [0.1, 0.15) is 5.75 Å². The molecular weight excluding hydrogens is 413 g/mol. The molecule has 29 heavy (non-hydrogen) atoms. The number of carbonyl (C=O) groups is 2. The maximum absolute atomic E-state index is 12.1. The van der Waals surface area contributed by atoms with Gasteiger partial charge in [-0.1, -0.05) is 30.1 Å². The molecule has 1 saturated heterocycles. The van der Waals surface area contributed by atoms with Crippen LogP contribution in [0.3, 0.4) is 0 Å². The van der Waals surface area contributed by atoms with Crippen molar-refractivity contribution in [3.05, 3.63) is 52.5 Å². The van der Waals surface area contributed by atoms with Gasteiger partial charge < -0.3 is 19.9 Å². The van der Waals surface area contributed by atoms with Crippen molar-refractivity contribution in [2.75, 3.05) is 43.0 Å². The van der Waals surface area contributed by atoms with E-state index in [9.17, 15) is 9.59 Å². The van der Waals surface area contributed by atoms with Gasteiger partial charge in [0.15, 0.2) is 6.61 Å². The van der Waals surface area contributed by atoms with Gasteiger partial charge >= 0.3 is 0 Å². The zero-order valence-corrected chi connectivity index (χ0v) is 17.7. The number of anilines is 2. The van der Waals surface area contributed by atoms with Gasteiger partial charge in [0.05, 0.1) is 5.02 Å². The molecule has 3 rings (SSSR count). The van der Waals surface area contributed by atoms with Crippen LogP contribution >= 0.6 is 23.2 Å². The van der Waals surface area contributed by atoms with Crippen molar-refractivity contribution in [3.8, 4) is 5.75 Å². The highest BCUT2D eigenvalue weighted by Crippen LogP contribution is 2.27. The molecule has 6 nitrogen and oxygen atoms in total. The van der Waals surface area contributed by atoms with E-state index in [-0.39, 0.29) is 18.4 Å². The lowest BCUT2D eigenvalue weighted by Gasteiger charge is -2.36. The summed E-state index contributed by atoms with van der Waals surface area (Å²) in [5, 5.41) is 3.66. The summed E-state index contributed by atoms with van der Waals surface area (Å²) in [5.74, 6) is 0.322. The fraction of sp³-hybridized carbons (Fsp3) is 0.333. The maximum Gasteiger partial charge on any atom is 0.262 e. The van der Waals surface area contributed by atoms with E-state index in [0.29, 0.717) is 27.9 Å². The number of carbonyl (C=O) groups excluding carboxylic acids is 2. The summed E-state index contributed by atoms with van der Waals surface area (Å²) in [7, 11) is 0. The minimum Gasteiger partial charge on any atom is -0.482 e. The molecule has 1 fully saturated rings. The molecule has 1 heterocycles. The Morgan fingerprint density at radius 2 is 1.72 bits per heavy atom. The number of hydrogen-bond donors (Lipinski definition) is 1. The number of rotatable bonds is 6. The number of benzene rings is 2. The lowest BCUT2D eigenvalue weighted by atomic mass is 10.2. The van der Waals surface area contributed by atoms with Gasteiger partial charge in [-0.3, -0.25) is 9.59 Å². The topological polar surface area (TPSA) is 61.9 Å². The quantitative estimate of drug-likeness (QED) is 0.742. The van der Waals surface area contributed by atoms with Gasteiger partial charge in [-0.15, -0.1) is 0 Å². The molecule has 0 unspecified atom stereocenters. The largest absolute Gasteiger partial charge is 0.482 e. The molecule has 0 saturated carbocycles. The third-order valence-corrected chi connectivity index (χ3v) is 5.23. The van der Waals surface area contributed by atoms with Crippen molar-refractivity contribution < 1.29 is 14.3 Å². The van der Waals surface area contributed by atoms with Gasteiger partial charge in [0.25, 0.3) is 5.91 Å². The Balaban J connectivity index is 1.49. The van der Waals surface area contributed by atoms with Crippen LogP contribution in [0.2, 0.25) is 10.0 Å². The molecule has 0 atom stereocenters. The van der Waals surface area contributed by atoms with Crippen molar-refractivity contribution in [3.63, 3.8) is 0 Å². The van der Waals surface area contributed by atoms with Gasteiger partial charge in [-0.25, -0.2) is 0 Å². The van der Waals surface area contributed by atoms with Crippen molar-refractivity contribution >= 4 is 46.4 Å². The summed E-state index contributed by atoms with van der Waals surface area (Å²) >= 11 is 11.9. The Bertz CT molecular complexity index is 866. The second kappa shape index (κ2) is 9.85. The van der Waals surface area contributed by atoms with Crippen molar-refractivity contribution in [1.29, 1.82) is 0 Å². The maximum atomic E-state index is 12.1. The third kappa shape index (κ3) is 5.78. The Labute approximate surface area is 180 Å². The highest BCUT2D eigenvalue weighted by atomic mass is 35.5. The summed E-state index contributed by atoms with van der Waals surface area (Å²) in [6.45, 7) is 4.79. The molecule has 2 aromatic carbocycles. The number of amides is 2. The first-order valence-corrected chi connectivity index (χ1v) is 10.2. The Hall–Kier alpha value is -2.44. The fourth-order valence-electron chi connectivity index (χ4n) is 3.13. The van der Waals surface area contributed by atoms with Crippen LogP contribution in [0, 0.1) is 0 Å². The van der Waals surface area contributed by atoms with Crippen molar-refractivity contribution in [2.24, 2.45) is 0 Å². The van der Waals surface area contributed by atoms with Crippen LogP contribution in [0.5, 0.6) is 5.75 Å². The average Bonchev–Trinajstić information content (AvgIpc) is 2.73. The van der Waals surface area contributed by atoms with E-state index in [4.69, 9.17) is 27.9 Å². The molecular formula is C21H23Cl2N3O3. The average molecular weight is 436 g/mol. The van der Waals surface area contributed by atoms with Crippen molar-refractivity contribution in [2.45, 2.75) is 13.3 Å². The van der Waals surface area contributed by atoms with E-state index in [1.807, 2.05) is 36.1 Å². The predicted octanol–water partition coefficient (Wildman–Crippen LogP) is 4.07. The number of hydrogen-bond acceptors (Lipinski definition) is 4. The highest BCUT2D eigenvalue weighted by Gasteiger charge is 2.20. The zero-order valence-electron chi connectivity index (χ0n) is 16.2. The van der Waals surface area contributed by atoms with Crippen LogP contribution in [0.25, 0.3) is 0 Å². The number of nitrogens with zero attached hydrogens (tertiary/aromatic N) is 2. The van der Waals surface area contributed by atoms with Crippen LogP contribution in [0.1, 0.15) is 13.3 Å². The predicted molar refractivity (Wildman–Crippen MR) is 116 cm³/mol. The van der Waals surface area contributed by atoms with Crippen LogP contribution < -0.4 is 15.0 Å². The summed E-state index contributed by atoms with van der Waals surface area (Å²) in [6.07, 6.45) is 0.544. The molecule has 0 radical (unpaired) electrons. The number of ether oxygens (including phenoxy) is 1. The zero-order chi connectivity index (χ0) is 20.8. The van der Waals surface area contributed by atoms with E-state index in [0.717, 1.165) is 31.9 Å². The molecule has 1 aliphatic heterocycles. The minimum atomic E-state index is -0.282. The second-order valence-electron chi connectivity index (χ2n) is 6.68. The van der Waals surface area contributed by atoms with E-state index < -0.39 is 0 Å². The third-order valence-electron chi connectivity index (χ3n) is 4.70. The lowest BCUT2D eigenvalue weighted by molar-refractivity contribution is -0.131. The van der Waals surface area contributed by atoms with Gasteiger partial charge in [-0.05, 0) is 42.5 Å². The standard InChI is InChI=1S/C21H23Cl2N3O3/c1-2-21(28)26-11-9-25(10-12-26)17-6-4-16(5-7-17)24-20(27)14-29-19-8-3-15(22)13-18(19)23/h3-8,13H,2,9-12,14H2,1H3,(H,24,27). The first-order valence-electron chi connectivity index (χ1n) is 9.46. The molecule has 0 aliphatic carbocycles. The Kier molecular flexibility index (Phi) is 7.23. The number of piperazine rings is 1. The molecule has 2 amide bonds. The molecule has 0 bridgehead atoms. The summed E-state index contributed by atoms with van der Waals surface area (Å²) in [5.41, 5.74) is 1.75. The van der Waals surface area contributed by atoms with E-state index >= 15 is 0 Å². The molecule has 8 heteroatoms. The monoisotopic (exact) mass is 435 g/mol. The molecule has 2 aromatic rings. The van der Waals surface area contributed by atoms with E-state index in [2.05, 4.69) is 10.2 Å². The number of halogens is 2. The smallest absolute Gasteiger partial charge is 0.262 e. The first-order chi connectivity index (χ1) is 14.0. The van der Waals surface area contributed by atoms with Crippen molar-refractivity contribution in [1.82, 2.24) is 4.90 Å². The lowest BCUT2D eigenvalue weighted by Crippen LogP contribution is -2.48. The summed E-state index contributed by atoms with van der Waals surface area (Å²) in [6, 6.07) is 12.5. The fourth-order valence-corrected chi connectivity index (χ4v) is 3.59. The minimum absolute atomic E-state index is 0.156. The molecule has 1 aliphatic rings. The van der Waals surface area contributed by atoms with Gasteiger partial charge in [-0.2, -0.15) is 0 Å². The summed E-state index contributed by atoms with van der Waals surface area (Å²) < 4.78 is 5.44. The Morgan fingerprint density at radius 1 is 1.03 bits per heavy atom. The van der Waals surface area contributed by atoms with E-state index in [1.165, 1.54) is 0 Å². The second-order valence-corrected chi connectivity index (χ2v) is 7.52. The summed E-state index contributed by atoms with van der Waals surface area (Å²) in [4.78, 5) is 28.0. The first kappa shape index (κ1) is 21.3. The molecule has 0 spiro atoms. The molecule has 0 aromatic heterocycles. The normalized spacial score (nSPS) is 13.9. The SMILES string of the molecule is CCC(=O)N1CCN(c2ccc(NC(=O)COc3ccc(Cl)cc3Cl)cc2)CC1.